The Morgan fingerprint density at radius 2 is 1.09 bits per heavy atom. The predicted molar refractivity (Wildman–Crippen MR) is 229 cm³/mol. The summed E-state index contributed by atoms with van der Waals surface area (Å²) in [4.78, 5) is 0. The molecule has 0 saturated carbocycles. The van der Waals surface area contributed by atoms with E-state index in [1.807, 2.05) is 0 Å². The first-order valence-corrected chi connectivity index (χ1v) is 19.5. The van der Waals surface area contributed by atoms with Gasteiger partial charge in [0, 0.05) is 23.5 Å². The first kappa shape index (κ1) is 34.0. The summed E-state index contributed by atoms with van der Waals surface area (Å²) in [6.45, 7) is 0.756. The van der Waals surface area contributed by atoms with E-state index in [0.29, 0.717) is 0 Å². The summed E-state index contributed by atoms with van der Waals surface area (Å²) in [6, 6.07) is 76.7. The van der Waals surface area contributed by atoms with Crippen molar-refractivity contribution in [2.24, 2.45) is 0 Å². The van der Waals surface area contributed by atoms with E-state index in [0.717, 1.165) is 17.9 Å². The lowest BCUT2D eigenvalue weighted by atomic mass is 9.67. The van der Waals surface area contributed by atoms with Gasteiger partial charge < -0.3 is 5.32 Å². The van der Waals surface area contributed by atoms with Crippen molar-refractivity contribution in [1.29, 1.82) is 0 Å². The van der Waals surface area contributed by atoms with Crippen LogP contribution in [0.3, 0.4) is 0 Å². The first-order chi connectivity index (χ1) is 27.8. The Morgan fingerprint density at radius 3 is 1.79 bits per heavy atom. The molecule has 3 N–H and O–H groups in total. The van der Waals surface area contributed by atoms with Crippen LogP contribution in [-0.2, 0) is 12.0 Å². The Hall–Kier alpha value is -6.56. The summed E-state index contributed by atoms with van der Waals surface area (Å²) >= 11 is 0. The van der Waals surface area contributed by atoms with Gasteiger partial charge in [-0.05, 0) is 73.8 Å². The molecule has 8 aromatic rings. The highest BCUT2D eigenvalue weighted by molar-refractivity contribution is 6.01. The Kier molecular flexibility index (Phi) is 8.85. The molecule has 270 valence electrons. The van der Waals surface area contributed by atoms with Crippen molar-refractivity contribution < 1.29 is 0 Å². The lowest BCUT2D eigenvalue weighted by molar-refractivity contribution is 0.165. The number of benzene rings is 8. The number of hydrazine groups is 1. The highest BCUT2D eigenvalue weighted by Crippen LogP contribution is 2.59. The molecule has 4 nitrogen and oxygen atoms in total. The average molecular weight is 723 g/mol. The van der Waals surface area contributed by atoms with Crippen molar-refractivity contribution in [3.8, 4) is 22.3 Å². The van der Waals surface area contributed by atoms with Crippen LogP contribution < -0.4 is 16.1 Å². The van der Waals surface area contributed by atoms with Crippen LogP contribution in [0.15, 0.2) is 212 Å². The van der Waals surface area contributed by atoms with E-state index in [9.17, 15) is 0 Å². The Balaban J connectivity index is 1.10. The molecule has 2 atom stereocenters. The summed E-state index contributed by atoms with van der Waals surface area (Å²) in [7, 11) is 0. The van der Waals surface area contributed by atoms with E-state index in [4.69, 9.17) is 0 Å². The van der Waals surface area contributed by atoms with Gasteiger partial charge in [-0.1, -0.05) is 194 Å². The van der Waals surface area contributed by atoms with Crippen LogP contribution in [0.5, 0.6) is 0 Å². The number of anilines is 2. The fourth-order valence-electron chi connectivity index (χ4n) is 9.02. The zero-order valence-corrected chi connectivity index (χ0v) is 31.0. The van der Waals surface area contributed by atoms with E-state index in [2.05, 4.69) is 233 Å². The lowest BCUT2D eigenvalue weighted by Crippen LogP contribution is -2.33. The number of nitrogens with one attached hydrogen (secondary N) is 3. The lowest BCUT2D eigenvalue weighted by Gasteiger charge is -2.34. The normalized spacial score (nSPS) is 16.9. The van der Waals surface area contributed by atoms with Crippen molar-refractivity contribution in [1.82, 2.24) is 15.8 Å². The zero-order chi connectivity index (χ0) is 37.3. The molecule has 1 fully saturated rings. The second-order valence-electron chi connectivity index (χ2n) is 14.7. The Morgan fingerprint density at radius 1 is 0.500 bits per heavy atom. The molecule has 1 aliphatic carbocycles. The van der Waals surface area contributed by atoms with E-state index in [1.165, 1.54) is 61.2 Å². The largest absolute Gasteiger partial charge is 0.355 e. The maximum atomic E-state index is 3.94. The van der Waals surface area contributed by atoms with Crippen LogP contribution in [0.2, 0.25) is 0 Å². The van der Waals surface area contributed by atoms with Gasteiger partial charge in [0.1, 0.15) is 6.17 Å². The van der Waals surface area contributed by atoms with Gasteiger partial charge in [-0.2, -0.15) is 0 Å². The predicted octanol–water partition coefficient (Wildman–Crippen LogP) is 11.8. The smallest absolute Gasteiger partial charge is 0.101 e. The number of hydrogen-bond donors (Lipinski definition) is 3. The van der Waals surface area contributed by atoms with Gasteiger partial charge in [0.25, 0.3) is 0 Å². The second-order valence-corrected chi connectivity index (χ2v) is 14.7. The van der Waals surface area contributed by atoms with E-state index >= 15 is 0 Å². The zero-order valence-electron chi connectivity index (χ0n) is 31.0. The average Bonchev–Trinajstić information content (AvgIpc) is 3.83. The quantitative estimate of drug-likeness (QED) is 0.139. The van der Waals surface area contributed by atoms with Crippen molar-refractivity contribution in [3.05, 3.63) is 251 Å². The van der Waals surface area contributed by atoms with Crippen molar-refractivity contribution in [2.45, 2.75) is 24.3 Å². The molecule has 0 bridgehead atoms. The summed E-state index contributed by atoms with van der Waals surface area (Å²) in [6.07, 6.45) is -0.0718. The SMILES string of the molecule is c1ccc(CN2NC(c3ccccc3)NC2c2cccc(Nc3ccc4c(c3-c3ccccc3)-c3ccccc3C4(c3ccccc3)c3ccccc3)c2)cc1. The third-order valence-electron chi connectivity index (χ3n) is 11.4. The third kappa shape index (κ3) is 5.92. The molecule has 0 aromatic heterocycles. The van der Waals surface area contributed by atoms with Crippen LogP contribution in [0, 0.1) is 0 Å². The van der Waals surface area contributed by atoms with Gasteiger partial charge in [0.2, 0.25) is 0 Å². The van der Waals surface area contributed by atoms with Gasteiger partial charge in [-0.25, -0.2) is 10.4 Å². The standard InChI is InChI=1S/C52H42N4/c1-6-19-37(20-7-1)36-56-51(54-50(55-56)39-23-10-3-11-24-39)40-25-18-30-43(35-40)53-47-34-33-46-49(48(47)38-21-8-2-9-22-38)44-31-16-17-32-45(44)52(46,41-26-12-4-13-27-41)42-28-14-5-15-29-42/h1-35,50-51,53-55H,36H2. The molecule has 10 rings (SSSR count). The van der Waals surface area contributed by atoms with Gasteiger partial charge in [0.15, 0.2) is 0 Å². The molecule has 56 heavy (non-hydrogen) atoms. The van der Waals surface area contributed by atoms with Crippen LogP contribution >= 0.6 is 0 Å². The van der Waals surface area contributed by atoms with Crippen LogP contribution in [0.1, 0.15) is 51.3 Å². The molecule has 2 unspecified atom stereocenters. The molecule has 0 radical (unpaired) electrons. The van der Waals surface area contributed by atoms with Crippen molar-refractivity contribution in [3.63, 3.8) is 0 Å². The van der Waals surface area contributed by atoms with Crippen molar-refractivity contribution >= 4 is 11.4 Å². The van der Waals surface area contributed by atoms with Gasteiger partial charge in [0.05, 0.1) is 11.6 Å². The minimum Gasteiger partial charge on any atom is -0.355 e. The topological polar surface area (TPSA) is 39.3 Å². The fraction of sp³-hybridized carbons (Fsp3) is 0.0769. The monoisotopic (exact) mass is 722 g/mol. The summed E-state index contributed by atoms with van der Waals surface area (Å²) < 4.78 is 0. The first-order valence-electron chi connectivity index (χ1n) is 19.5. The maximum absolute atomic E-state index is 3.94. The highest BCUT2D eigenvalue weighted by atomic mass is 15.6. The molecule has 4 heteroatoms. The van der Waals surface area contributed by atoms with E-state index in [1.54, 1.807) is 0 Å². The van der Waals surface area contributed by atoms with Gasteiger partial charge >= 0.3 is 0 Å². The van der Waals surface area contributed by atoms with Gasteiger partial charge in [-0.15, -0.1) is 0 Å². The van der Waals surface area contributed by atoms with Crippen LogP contribution in [0.25, 0.3) is 22.3 Å². The molecule has 0 amide bonds. The number of nitrogens with zero attached hydrogens (tertiary/aromatic N) is 1. The summed E-state index contributed by atoms with van der Waals surface area (Å²) in [5.41, 5.74) is 19.1. The molecular weight excluding hydrogens is 681 g/mol. The fourth-order valence-corrected chi connectivity index (χ4v) is 9.02. The molecule has 0 spiro atoms. The highest BCUT2D eigenvalue weighted by Gasteiger charge is 2.47. The maximum Gasteiger partial charge on any atom is 0.101 e. The molecule has 2 aliphatic rings. The number of rotatable bonds is 9. The molecular formula is C52H42N4. The Bertz CT molecular complexity index is 2550. The number of fused-ring (bicyclic) bond motifs is 3. The molecule has 1 aliphatic heterocycles. The van der Waals surface area contributed by atoms with Gasteiger partial charge in [-0.3, -0.25) is 5.32 Å². The van der Waals surface area contributed by atoms with Crippen LogP contribution in [-0.4, -0.2) is 5.01 Å². The third-order valence-corrected chi connectivity index (χ3v) is 11.4. The van der Waals surface area contributed by atoms with Crippen LogP contribution in [0.4, 0.5) is 11.4 Å². The molecule has 1 saturated heterocycles. The Labute approximate surface area is 329 Å². The number of hydrogen-bond acceptors (Lipinski definition) is 4. The summed E-state index contributed by atoms with van der Waals surface area (Å²) in [5.74, 6) is 0. The molecule has 1 heterocycles. The minimum atomic E-state index is -0.477. The van der Waals surface area contributed by atoms with E-state index in [-0.39, 0.29) is 12.3 Å². The van der Waals surface area contributed by atoms with Crippen molar-refractivity contribution in [2.75, 3.05) is 5.32 Å². The second kappa shape index (κ2) is 14.6. The molecule has 8 aromatic carbocycles. The summed E-state index contributed by atoms with van der Waals surface area (Å²) in [5, 5.41) is 10.2. The minimum absolute atomic E-state index is 0.0162. The van der Waals surface area contributed by atoms with E-state index < -0.39 is 5.41 Å².